The van der Waals surface area contributed by atoms with Crippen LogP contribution in [-0.4, -0.2) is 17.5 Å². The third kappa shape index (κ3) is 4.24. The smallest absolute Gasteiger partial charge is 0.122 e. The van der Waals surface area contributed by atoms with Crippen LogP contribution in [-0.2, 0) is 6.42 Å². The van der Waals surface area contributed by atoms with Crippen molar-refractivity contribution in [2.24, 2.45) is 11.7 Å². The molecule has 4 nitrogen and oxygen atoms in total. The number of nitrogen functional groups attached to an aromatic ring is 1. The van der Waals surface area contributed by atoms with Gasteiger partial charge >= 0.3 is 0 Å². The molecule has 2 aromatic carbocycles. The molecule has 0 saturated heterocycles. The Bertz CT molecular complexity index is 611. The Morgan fingerprint density at radius 2 is 1.95 bits per heavy atom. The van der Waals surface area contributed by atoms with Crippen molar-refractivity contribution in [3.63, 3.8) is 0 Å². The number of benzene rings is 2. The molecule has 0 bridgehead atoms. The van der Waals surface area contributed by atoms with Gasteiger partial charge in [0.05, 0.1) is 0 Å². The first-order valence-corrected chi connectivity index (χ1v) is 7.01. The number of rotatable bonds is 6. The van der Waals surface area contributed by atoms with Crippen molar-refractivity contribution >= 4 is 11.5 Å². The highest BCUT2D eigenvalue weighted by Gasteiger charge is 2.09. The van der Waals surface area contributed by atoms with E-state index in [0.29, 0.717) is 11.5 Å². The van der Waals surface area contributed by atoms with Crippen LogP contribution in [0.15, 0.2) is 48.5 Å². The SMILES string of the molecule is CC(CNc1ccccc1)Cc1cc(C(=N)N)ccc1O. The lowest BCUT2D eigenvalue weighted by Crippen LogP contribution is -2.15. The minimum absolute atomic E-state index is 0.0197. The lowest BCUT2D eigenvalue weighted by Gasteiger charge is -2.15. The first kappa shape index (κ1) is 14.9. The van der Waals surface area contributed by atoms with Gasteiger partial charge in [-0.3, -0.25) is 5.41 Å². The van der Waals surface area contributed by atoms with Gasteiger partial charge in [0.25, 0.3) is 0 Å². The van der Waals surface area contributed by atoms with Crippen molar-refractivity contribution in [3.8, 4) is 5.75 Å². The molecule has 0 radical (unpaired) electrons. The highest BCUT2D eigenvalue weighted by molar-refractivity contribution is 5.95. The summed E-state index contributed by atoms with van der Waals surface area (Å²) in [5.41, 5.74) is 8.05. The average Bonchev–Trinajstić information content (AvgIpc) is 2.48. The fraction of sp³-hybridized carbons (Fsp3) is 0.235. The molecule has 4 heteroatoms. The van der Waals surface area contributed by atoms with E-state index in [1.54, 1.807) is 18.2 Å². The second kappa shape index (κ2) is 6.79. The standard InChI is InChI=1S/C17H21N3O/c1-12(11-20-15-5-3-2-4-6-15)9-14-10-13(17(18)19)7-8-16(14)21/h2-8,10,12,20-21H,9,11H2,1H3,(H3,18,19). The van der Waals surface area contributed by atoms with E-state index in [0.717, 1.165) is 24.2 Å². The molecule has 5 N–H and O–H groups in total. The van der Waals surface area contributed by atoms with Gasteiger partial charge in [0.2, 0.25) is 0 Å². The maximum atomic E-state index is 9.92. The topological polar surface area (TPSA) is 82.1 Å². The molecule has 0 aliphatic carbocycles. The van der Waals surface area contributed by atoms with E-state index in [2.05, 4.69) is 12.2 Å². The Labute approximate surface area is 125 Å². The second-order valence-electron chi connectivity index (χ2n) is 5.31. The summed E-state index contributed by atoms with van der Waals surface area (Å²) >= 11 is 0. The second-order valence-corrected chi connectivity index (χ2v) is 5.31. The van der Waals surface area contributed by atoms with Crippen molar-refractivity contribution in [2.75, 3.05) is 11.9 Å². The van der Waals surface area contributed by atoms with Gasteiger partial charge in [-0.05, 0) is 48.2 Å². The third-order valence-electron chi connectivity index (χ3n) is 3.39. The fourth-order valence-electron chi connectivity index (χ4n) is 2.21. The number of anilines is 1. The number of hydrogen-bond donors (Lipinski definition) is 4. The highest BCUT2D eigenvalue weighted by Crippen LogP contribution is 2.22. The Kier molecular flexibility index (Phi) is 4.82. The number of phenolic OH excluding ortho intramolecular Hbond substituents is 1. The number of hydrogen-bond acceptors (Lipinski definition) is 3. The normalized spacial score (nSPS) is 11.9. The maximum Gasteiger partial charge on any atom is 0.122 e. The molecule has 1 atom stereocenters. The van der Waals surface area contributed by atoms with Crippen LogP contribution in [0, 0.1) is 11.3 Å². The average molecular weight is 283 g/mol. The Morgan fingerprint density at radius 1 is 1.24 bits per heavy atom. The monoisotopic (exact) mass is 283 g/mol. The van der Waals surface area contributed by atoms with Crippen LogP contribution >= 0.6 is 0 Å². The Morgan fingerprint density at radius 3 is 2.62 bits per heavy atom. The van der Waals surface area contributed by atoms with E-state index in [9.17, 15) is 5.11 Å². The van der Waals surface area contributed by atoms with Crippen LogP contribution < -0.4 is 11.1 Å². The Balaban J connectivity index is 1.97. The number of amidine groups is 1. The van der Waals surface area contributed by atoms with Crippen LogP contribution in [0.4, 0.5) is 5.69 Å². The minimum atomic E-state index is 0.0197. The summed E-state index contributed by atoms with van der Waals surface area (Å²) in [6, 6.07) is 15.1. The molecule has 0 spiro atoms. The number of aromatic hydroxyl groups is 1. The van der Waals surface area contributed by atoms with Gasteiger partial charge in [0.15, 0.2) is 0 Å². The zero-order valence-electron chi connectivity index (χ0n) is 12.1. The minimum Gasteiger partial charge on any atom is -0.508 e. The molecule has 2 rings (SSSR count). The van der Waals surface area contributed by atoms with Crippen molar-refractivity contribution in [2.45, 2.75) is 13.3 Å². The van der Waals surface area contributed by atoms with Gasteiger partial charge in [-0.1, -0.05) is 25.1 Å². The lowest BCUT2D eigenvalue weighted by molar-refractivity contribution is 0.461. The first-order valence-electron chi connectivity index (χ1n) is 7.01. The summed E-state index contributed by atoms with van der Waals surface area (Å²) < 4.78 is 0. The van der Waals surface area contributed by atoms with Gasteiger partial charge in [-0.15, -0.1) is 0 Å². The molecule has 0 aliphatic rings. The summed E-state index contributed by atoms with van der Waals surface area (Å²) in [6.45, 7) is 2.93. The summed E-state index contributed by atoms with van der Waals surface area (Å²) in [5, 5.41) is 20.8. The fourth-order valence-corrected chi connectivity index (χ4v) is 2.21. The van der Waals surface area contributed by atoms with Crippen LogP contribution in [0.25, 0.3) is 0 Å². The van der Waals surface area contributed by atoms with Crippen LogP contribution in [0.3, 0.4) is 0 Å². The number of nitrogens with two attached hydrogens (primary N) is 1. The van der Waals surface area contributed by atoms with Crippen molar-refractivity contribution in [3.05, 3.63) is 59.7 Å². The van der Waals surface area contributed by atoms with E-state index in [4.69, 9.17) is 11.1 Å². The largest absolute Gasteiger partial charge is 0.508 e. The molecule has 0 amide bonds. The predicted molar refractivity (Wildman–Crippen MR) is 86.9 cm³/mol. The van der Waals surface area contributed by atoms with E-state index in [1.807, 2.05) is 30.3 Å². The maximum absolute atomic E-state index is 9.92. The zero-order chi connectivity index (χ0) is 15.2. The molecule has 0 saturated carbocycles. The third-order valence-corrected chi connectivity index (χ3v) is 3.39. The van der Waals surface area contributed by atoms with Gasteiger partial charge in [0, 0.05) is 17.8 Å². The van der Waals surface area contributed by atoms with Crippen molar-refractivity contribution in [1.82, 2.24) is 0 Å². The van der Waals surface area contributed by atoms with E-state index in [-0.39, 0.29) is 11.6 Å². The molecule has 110 valence electrons. The molecule has 0 aliphatic heterocycles. The molecular weight excluding hydrogens is 262 g/mol. The summed E-state index contributed by atoms with van der Waals surface area (Å²) in [7, 11) is 0. The Hall–Kier alpha value is -2.49. The molecule has 0 fully saturated rings. The molecule has 21 heavy (non-hydrogen) atoms. The van der Waals surface area contributed by atoms with Gasteiger partial charge < -0.3 is 16.2 Å². The van der Waals surface area contributed by atoms with Gasteiger partial charge in [-0.25, -0.2) is 0 Å². The van der Waals surface area contributed by atoms with Gasteiger partial charge in [0.1, 0.15) is 11.6 Å². The van der Waals surface area contributed by atoms with Crippen molar-refractivity contribution in [1.29, 1.82) is 5.41 Å². The first-order chi connectivity index (χ1) is 10.1. The highest BCUT2D eigenvalue weighted by atomic mass is 16.3. The quantitative estimate of drug-likeness (QED) is 0.486. The summed E-state index contributed by atoms with van der Waals surface area (Å²) in [6.07, 6.45) is 0.729. The molecule has 1 unspecified atom stereocenters. The molecule has 0 aromatic heterocycles. The number of phenols is 1. The molecular formula is C17H21N3O. The number of para-hydroxylation sites is 1. The van der Waals surface area contributed by atoms with Crippen molar-refractivity contribution < 1.29 is 5.11 Å². The van der Waals surface area contributed by atoms with Crippen LogP contribution in [0.2, 0.25) is 0 Å². The van der Waals surface area contributed by atoms with E-state index < -0.39 is 0 Å². The van der Waals surface area contributed by atoms with E-state index in [1.165, 1.54) is 0 Å². The molecule has 0 heterocycles. The van der Waals surface area contributed by atoms with Crippen LogP contribution in [0.5, 0.6) is 5.75 Å². The van der Waals surface area contributed by atoms with Gasteiger partial charge in [-0.2, -0.15) is 0 Å². The predicted octanol–water partition coefficient (Wildman–Crippen LogP) is 2.97. The van der Waals surface area contributed by atoms with E-state index >= 15 is 0 Å². The zero-order valence-corrected chi connectivity index (χ0v) is 12.1. The molecule has 2 aromatic rings. The van der Waals surface area contributed by atoms with Crippen LogP contribution in [0.1, 0.15) is 18.1 Å². The lowest BCUT2D eigenvalue weighted by atomic mass is 9.98. The number of nitrogens with one attached hydrogen (secondary N) is 2. The summed E-state index contributed by atoms with van der Waals surface area (Å²) in [5.74, 6) is 0.621. The summed E-state index contributed by atoms with van der Waals surface area (Å²) in [4.78, 5) is 0.